The molecule has 4 N–H and O–H groups in total. The lowest BCUT2D eigenvalue weighted by atomic mass is 10.1. The third-order valence-corrected chi connectivity index (χ3v) is 7.27. The van der Waals surface area contributed by atoms with Crippen LogP contribution in [0.15, 0.2) is 42.7 Å². The fraction of sp³-hybridized carbons (Fsp3) is 0.333. The zero-order valence-electron chi connectivity index (χ0n) is 22.0. The Bertz CT molecular complexity index is 1650. The van der Waals surface area contributed by atoms with Gasteiger partial charge >= 0.3 is 6.09 Å². The normalized spacial score (nSPS) is 18.5. The van der Waals surface area contributed by atoms with E-state index in [1.807, 2.05) is 24.5 Å². The van der Waals surface area contributed by atoms with Gasteiger partial charge in [-0.15, -0.1) is 0 Å². The molecule has 1 saturated carbocycles. The number of ether oxygens (including phenoxy) is 2. The highest BCUT2D eigenvalue weighted by Gasteiger charge is 2.62. The molecule has 13 nitrogen and oxygen atoms in total. The molecule has 6 rings (SSSR count). The van der Waals surface area contributed by atoms with Gasteiger partial charge in [-0.2, -0.15) is 5.10 Å². The zero-order chi connectivity index (χ0) is 28.0. The molecule has 40 heavy (non-hydrogen) atoms. The van der Waals surface area contributed by atoms with Crippen molar-refractivity contribution in [3.63, 3.8) is 0 Å². The molecule has 3 amide bonds. The summed E-state index contributed by atoms with van der Waals surface area (Å²) in [6.07, 6.45) is 3.62. The minimum atomic E-state index is -0.606. The summed E-state index contributed by atoms with van der Waals surface area (Å²) < 4.78 is 15.1. The molecule has 1 unspecified atom stereocenters. The van der Waals surface area contributed by atoms with Crippen molar-refractivity contribution >= 4 is 34.9 Å². The lowest BCUT2D eigenvalue weighted by Gasteiger charge is -2.27. The SMILES string of the molecule is CCn1nc(C)cc1C(=O)Nc1nc2cc(C(N)=O)cc3c2n1[C@]1(CCNC(=O)OCc2cccnc2)CC1O3. The highest BCUT2D eigenvalue weighted by molar-refractivity contribution is 6.04. The fourth-order valence-electron chi connectivity index (χ4n) is 5.30. The number of fused-ring (bicyclic) bond motifs is 2. The van der Waals surface area contributed by atoms with Gasteiger partial charge in [-0.3, -0.25) is 29.1 Å². The maximum Gasteiger partial charge on any atom is 0.407 e. The number of rotatable bonds is 9. The molecule has 1 aliphatic heterocycles. The molecule has 4 aromatic rings. The third-order valence-electron chi connectivity index (χ3n) is 7.27. The number of benzene rings is 1. The Morgan fingerprint density at radius 1 is 1.27 bits per heavy atom. The Hall–Kier alpha value is -4.94. The number of hydrogen-bond acceptors (Lipinski definition) is 8. The van der Waals surface area contributed by atoms with E-state index in [9.17, 15) is 14.4 Å². The largest absolute Gasteiger partial charge is 0.486 e. The average molecular weight is 545 g/mol. The van der Waals surface area contributed by atoms with E-state index in [4.69, 9.17) is 15.2 Å². The zero-order valence-corrected chi connectivity index (χ0v) is 22.0. The Morgan fingerprint density at radius 3 is 2.88 bits per heavy atom. The Kier molecular flexibility index (Phi) is 6.12. The summed E-state index contributed by atoms with van der Waals surface area (Å²) in [5, 5.41) is 10.1. The predicted octanol–water partition coefficient (Wildman–Crippen LogP) is 2.48. The number of nitrogens with two attached hydrogens (primary N) is 1. The molecule has 3 aromatic heterocycles. The van der Waals surface area contributed by atoms with Crippen molar-refractivity contribution in [2.24, 2.45) is 5.73 Å². The van der Waals surface area contributed by atoms with E-state index in [1.165, 1.54) is 0 Å². The lowest BCUT2D eigenvalue weighted by molar-refractivity contribution is 0.0995. The fourth-order valence-corrected chi connectivity index (χ4v) is 5.30. The van der Waals surface area contributed by atoms with Crippen LogP contribution in [0.25, 0.3) is 11.0 Å². The summed E-state index contributed by atoms with van der Waals surface area (Å²) in [6, 6.07) is 8.50. The van der Waals surface area contributed by atoms with E-state index in [1.54, 1.807) is 41.3 Å². The second kappa shape index (κ2) is 9.67. The van der Waals surface area contributed by atoms with Gasteiger partial charge in [-0.25, -0.2) is 9.78 Å². The first kappa shape index (κ1) is 25.3. The van der Waals surface area contributed by atoms with Crippen molar-refractivity contribution in [1.82, 2.24) is 29.6 Å². The molecule has 1 fully saturated rings. The first-order chi connectivity index (χ1) is 19.3. The molecule has 0 bridgehead atoms. The van der Waals surface area contributed by atoms with Crippen LogP contribution in [0.1, 0.15) is 51.9 Å². The van der Waals surface area contributed by atoms with Crippen molar-refractivity contribution in [2.45, 2.75) is 51.5 Å². The molecule has 1 aliphatic carbocycles. The summed E-state index contributed by atoms with van der Waals surface area (Å²) in [5.41, 5.74) is 8.28. The molecule has 206 valence electrons. The number of hydrogen-bond donors (Lipinski definition) is 3. The van der Waals surface area contributed by atoms with E-state index < -0.39 is 17.5 Å². The van der Waals surface area contributed by atoms with Crippen molar-refractivity contribution in [3.05, 3.63) is 65.2 Å². The van der Waals surface area contributed by atoms with Crippen LogP contribution in [-0.2, 0) is 23.4 Å². The summed E-state index contributed by atoms with van der Waals surface area (Å²) in [7, 11) is 0. The minimum absolute atomic E-state index is 0.109. The van der Waals surface area contributed by atoms with Gasteiger partial charge in [0, 0.05) is 43.0 Å². The van der Waals surface area contributed by atoms with Gasteiger partial charge in [0.2, 0.25) is 11.9 Å². The topological polar surface area (TPSA) is 168 Å². The second-order valence-electron chi connectivity index (χ2n) is 9.95. The number of carbonyl (C=O) groups is 3. The summed E-state index contributed by atoms with van der Waals surface area (Å²) in [6.45, 7) is 4.67. The van der Waals surface area contributed by atoms with Crippen LogP contribution in [0.4, 0.5) is 10.7 Å². The number of nitrogens with zero attached hydrogens (tertiary/aromatic N) is 5. The van der Waals surface area contributed by atoms with Crippen LogP contribution in [-0.4, -0.2) is 54.9 Å². The predicted molar refractivity (Wildman–Crippen MR) is 143 cm³/mol. The molecular weight excluding hydrogens is 516 g/mol. The second-order valence-corrected chi connectivity index (χ2v) is 9.95. The Morgan fingerprint density at radius 2 is 2.12 bits per heavy atom. The van der Waals surface area contributed by atoms with Crippen molar-refractivity contribution in [1.29, 1.82) is 0 Å². The number of carbonyl (C=O) groups excluding carboxylic acids is 3. The van der Waals surface area contributed by atoms with Crippen LogP contribution in [0, 0.1) is 6.92 Å². The first-order valence-corrected chi connectivity index (χ1v) is 13.0. The number of amides is 3. The molecule has 0 radical (unpaired) electrons. The van der Waals surface area contributed by atoms with Gasteiger partial charge in [0.25, 0.3) is 5.91 Å². The molecule has 0 saturated heterocycles. The van der Waals surface area contributed by atoms with Crippen LogP contribution >= 0.6 is 0 Å². The number of imidazole rings is 1. The summed E-state index contributed by atoms with van der Waals surface area (Å²) in [4.78, 5) is 46.3. The molecular formula is C27H28N8O5. The average Bonchev–Trinajstić information content (AvgIpc) is 3.31. The lowest BCUT2D eigenvalue weighted by Crippen LogP contribution is -2.35. The maximum absolute atomic E-state index is 13.3. The highest BCUT2D eigenvalue weighted by atomic mass is 16.5. The smallest absolute Gasteiger partial charge is 0.407 e. The van der Waals surface area contributed by atoms with Gasteiger partial charge in [-0.1, -0.05) is 6.07 Å². The number of pyridine rings is 1. The van der Waals surface area contributed by atoms with Gasteiger partial charge in [0.05, 0.1) is 16.7 Å². The highest BCUT2D eigenvalue weighted by Crippen LogP contribution is 2.56. The van der Waals surface area contributed by atoms with Gasteiger partial charge in [0.15, 0.2) is 0 Å². The molecule has 0 spiro atoms. The first-order valence-electron chi connectivity index (χ1n) is 13.0. The number of nitrogens with one attached hydrogen (secondary N) is 2. The van der Waals surface area contributed by atoms with E-state index in [0.29, 0.717) is 54.4 Å². The standard InChI is InChI=1S/C27H28N8O5/c1-3-34-19(9-15(2)33-34)24(37)32-25-31-18-10-17(23(28)36)11-20-22(18)35(25)27(12-21(27)40-20)6-8-30-26(38)39-14-16-5-4-7-29-13-16/h4-5,7,9-11,13,21H,3,6,8,12,14H2,1-2H3,(H2,28,36)(H,30,38)(H,31,32,37)/t21?,27-/m1/s1. The van der Waals surface area contributed by atoms with Crippen LogP contribution in [0.3, 0.4) is 0 Å². The van der Waals surface area contributed by atoms with E-state index >= 15 is 0 Å². The quantitative estimate of drug-likeness (QED) is 0.289. The monoisotopic (exact) mass is 544 g/mol. The Labute approximate surface area is 228 Å². The van der Waals surface area contributed by atoms with Crippen LogP contribution < -0.4 is 21.1 Å². The molecule has 4 heterocycles. The van der Waals surface area contributed by atoms with Crippen molar-refractivity contribution in [3.8, 4) is 5.75 Å². The molecule has 1 aromatic carbocycles. The van der Waals surface area contributed by atoms with Gasteiger partial charge in [-0.05, 0) is 44.5 Å². The van der Waals surface area contributed by atoms with Gasteiger partial charge < -0.3 is 20.5 Å². The van der Waals surface area contributed by atoms with Crippen molar-refractivity contribution in [2.75, 3.05) is 11.9 Å². The van der Waals surface area contributed by atoms with E-state index in [-0.39, 0.29) is 24.2 Å². The number of aromatic nitrogens is 5. The maximum atomic E-state index is 13.3. The number of primary amides is 1. The van der Waals surface area contributed by atoms with Crippen LogP contribution in [0.2, 0.25) is 0 Å². The molecule has 2 aliphatic rings. The number of anilines is 1. The third kappa shape index (κ3) is 4.38. The Balaban J connectivity index is 1.27. The number of aryl methyl sites for hydroxylation is 2. The number of alkyl carbamates (subject to hydrolysis) is 1. The molecule has 13 heteroatoms. The van der Waals surface area contributed by atoms with E-state index in [0.717, 1.165) is 11.3 Å². The van der Waals surface area contributed by atoms with Crippen molar-refractivity contribution < 1.29 is 23.9 Å². The van der Waals surface area contributed by atoms with Crippen LogP contribution in [0.5, 0.6) is 5.75 Å². The van der Waals surface area contributed by atoms with Gasteiger partial charge in [0.1, 0.15) is 29.7 Å². The minimum Gasteiger partial charge on any atom is -0.486 e. The summed E-state index contributed by atoms with van der Waals surface area (Å²) in [5.74, 6) is -0.183. The summed E-state index contributed by atoms with van der Waals surface area (Å²) >= 11 is 0. The van der Waals surface area contributed by atoms with E-state index in [2.05, 4.69) is 25.7 Å². The molecule has 2 atom stereocenters.